The average Bonchev–Trinajstić information content (AvgIpc) is 3.02. The second kappa shape index (κ2) is 7.66. The third-order valence-electron chi connectivity index (χ3n) is 10.6. The molecule has 0 spiro atoms. The number of ketones is 2. The molecule has 170 valence electrons. The number of halogens is 1. The van der Waals surface area contributed by atoms with Gasteiger partial charge in [0.25, 0.3) is 0 Å². The third-order valence-corrected chi connectivity index (χ3v) is 11.1. The molecule has 30 heavy (non-hydrogen) atoms. The van der Waals surface area contributed by atoms with Gasteiger partial charge in [0.15, 0.2) is 5.78 Å². The first-order valence-corrected chi connectivity index (χ1v) is 13.0. The molecule has 4 saturated carbocycles. The van der Waals surface area contributed by atoms with Crippen LogP contribution in [0.2, 0.25) is 0 Å². The van der Waals surface area contributed by atoms with Gasteiger partial charge in [-0.25, -0.2) is 0 Å². The summed E-state index contributed by atoms with van der Waals surface area (Å²) in [4.78, 5) is 26.0. The molecular weight excluding hydrogens is 444 g/mol. The Bertz CT molecular complexity index is 724. The van der Waals surface area contributed by atoms with Gasteiger partial charge in [0.2, 0.25) is 0 Å². The lowest BCUT2D eigenvalue weighted by atomic mass is 9.42. The molecule has 0 radical (unpaired) electrons. The molecule has 4 nitrogen and oxygen atoms in total. The monoisotopic (exact) mass is 482 g/mol. The van der Waals surface area contributed by atoms with Crippen LogP contribution >= 0.6 is 15.9 Å². The fraction of sp³-hybridized carbons (Fsp3) is 0.920. The van der Waals surface area contributed by atoms with Crippen molar-refractivity contribution in [2.75, 3.05) is 19.0 Å². The smallest absolute Gasteiger partial charge is 0.157 e. The molecule has 4 aliphatic rings. The molecule has 0 amide bonds. The fourth-order valence-corrected chi connectivity index (χ4v) is 9.59. The van der Waals surface area contributed by atoms with Crippen LogP contribution < -0.4 is 0 Å². The number of carbonyl (C=O) groups is 2. The zero-order valence-electron chi connectivity index (χ0n) is 19.1. The first-order chi connectivity index (χ1) is 14.1. The average molecular weight is 483 g/mol. The number of carbonyl (C=O) groups excluding carboxylic acids is 2. The van der Waals surface area contributed by atoms with E-state index in [1.54, 1.807) is 14.0 Å². The van der Waals surface area contributed by atoms with Crippen LogP contribution in [0, 0.1) is 39.9 Å². The van der Waals surface area contributed by atoms with E-state index >= 15 is 0 Å². The number of aliphatic hydroxyl groups is 1. The van der Waals surface area contributed by atoms with Crippen LogP contribution in [0.25, 0.3) is 0 Å². The number of rotatable bonds is 5. The van der Waals surface area contributed by atoms with Gasteiger partial charge in [-0.15, -0.1) is 0 Å². The summed E-state index contributed by atoms with van der Waals surface area (Å²) in [5, 5.41) is 11.3. The van der Waals surface area contributed by atoms with Crippen molar-refractivity contribution < 1.29 is 19.4 Å². The fourth-order valence-electron chi connectivity index (χ4n) is 9.11. The van der Waals surface area contributed by atoms with Gasteiger partial charge in [-0.2, -0.15) is 0 Å². The van der Waals surface area contributed by atoms with E-state index in [4.69, 9.17) is 4.74 Å². The van der Waals surface area contributed by atoms with Crippen LogP contribution in [-0.4, -0.2) is 41.3 Å². The number of hydrogen-bond donors (Lipinski definition) is 1. The zero-order valence-corrected chi connectivity index (χ0v) is 20.7. The highest BCUT2D eigenvalue weighted by molar-refractivity contribution is 9.09. The van der Waals surface area contributed by atoms with Crippen LogP contribution in [0.4, 0.5) is 0 Å². The first kappa shape index (κ1) is 22.9. The lowest BCUT2D eigenvalue weighted by Gasteiger charge is -2.62. The van der Waals surface area contributed by atoms with Gasteiger partial charge in [0.1, 0.15) is 5.78 Å². The van der Waals surface area contributed by atoms with Crippen molar-refractivity contribution in [1.82, 2.24) is 0 Å². The molecule has 0 aliphatic heterocycles. The molecule has 0 bridgehead atoms. The summed E-state index contributed by atoms with van der Waals surface area (Å²) >= 11 is 3.38. The minimum atomic E-state index is -0.796. The highest BCUT2D eigenvalue weighted by atomic mass is 79.9. The Hall–Kier alpha value is -0.260. The summed E-state index contributed by atoms with van der Waals surface area (Å²) in [6.07, 6.45) is 8.86. The molecular formula is C25H39BrO4. The van der Waals surface area contributed by atoms with Crippen molar-refractivity contribution in [3.8, 4) is 0 Å². The molecule has 0 aromatic heterocycles. The number of Topliss-reactive ketones (excluding diaryl/α,β-unsaturated/α-hetero) is 2. The van der Waals surface area contributed by atoms with Crippen molar-refractivity contribution in [1.29, 1.82) is 0 Å². The third kappa shape index (κ3) is 2.97. The lowest BCUT2D eigenvalue weighted by Crippen LogP contribution is -2.59. The number of fused-ring (bicyclic) bond motifs is 5. The molecule has 0 saturated heterocycles. The lowest BCUT2D eigenvalue weighted by molar-refractivity contribution is -0.173. The Kier molecular flexibility index (Phi) is 5.85. The van der Waals surface area contributed by atoms with Crippen LogP contribution in [-0.2, 0) is 14.3 Å². The molecule has 4 aliphatic carbocycles. The molecule has 4 rings (SSSR count). The second-order valence-electron chi connectivity index (χ2n) is 11.5. The van der Waals surface area contributed by atoms with E-state index in [-0.39, 0.29) is 27.7 Å². The molecule has 1 N–H and O–H groups in total. The van der Waals surface area contributed by atoms with E-state index in [0.717, 1.165) is 51.4 Å². The molecule has 4 fully saturated rings. The molecule has 0 aromatic rings. The topological polar surface area (TPSA) is 63.6 Å². The Morgan fingerprint density at radius 3 is 2.37 bits per heavy atom. The van der Waals surface area contributed by atoms with Crippen LogP contribution in [0.1, 0.15) is 78.6 Å². The number of alkyl halides is 1. The van der Waals surface area contributed by atoms with Gasteiger partial charge in [-0.1, -0.05) is 29.8 Å². The summed E-state index contributed by atoms with van der Waals surface area (Å²) in [5.74, 6) is 2.42. The van der Waals surface area contributed by atoms with E-state index in [9.17, 15) is 14.7 Å². The molecule has 0 heterocycles. The minimum absolute atomic E-state index is 0.0811. The highest BCUT2D eigenvalue weighted by Crippen LogP contribution is 2.71. The summed E-state index contributed by atoms with van der Waals surface area (Å²) in [6.45, 7) is 6.82. The van der Waals surface area contributed by atoms with E-state index in [0.29, 0.717) is 30.3 Å². The van der Waals surface area contributed by atoms with E-state index in [1.165, 1.54) is 6.42 Å². The van der Waals surface area contributed by atoms with Crippen molar-refractivity contribution >= 4 is 27.5 Å². The number of methoxy groups -OCH3 is 1. The molecule has 0 aromatic carbocycles. The predicted octanol–water partition coefficient (Wildman–Crippen LogP) is 4.95. The van der Waals surface area contributed by atoms with Crippen molar-refractivity contribution in [2.45, 2.75) is 84.2 Å². The first-order valence-electron chi connectivity index (χ1n) is 11.9. The largest absolute Gasteiger partial charge is 0.387 e. The van der Waals surface area contributed by atoms with Gasteiger partial charge < -0.3 is 9.84 Å². The normalized spacial score (nSPS) is 50.3. The van der Waals surface area contributed by atoms with Crippen LogP contribution in [0.15, 0.2) is 0 Å². The Labute approximate surface area is 190 Å². The summed E-state index contributed by atoms with van der Waals surface area (Å²) < 4.78 is 5.33. The second-order valence-corrected chi connectivity index (χ2v) is 12.1. The summed E-state index contributed by atoms with van der Waals surface area (Å²) in [7, 11) is 1.68. The SMILES string of the molecule is COC[C@@]1(O)CC[C@@]2(C)[C@@H](CC[C@@H]3[C@@H]2CC[C@@]2(C)[C@H]3CC[C@]2(C(C)=O)C(=O)CBr)C1. The van der Waals surface area contributed by atoms with Crippen LogP contribution in [0.3, 0.4) is 0 Å². The predicted molar refractivity (Wildman–Crippen MR) is 120 cm³/mol. The molecule has 8 atom stereocenters. The number of ether oxygens (including phenoxy) is 1. The minimum Gasteiger partial charge on any atom is -0.387 e. The van der Waals surface area contributed by atoms with E-state index in [1.807, 2.05) is 0 Å². The Morgan fingerprint density at radius 1 is 1.03 bits per heavy atom. The zero-order chi connectivity index (χ0) is 21.9. The standard InChI is InChI=1S/C25H39BrO4/c1-16(27)25(21(28)14-26)10-8-20-18-6-5-17-13-24(29,15-30-4)12-11-22(17,2)19(18)7-9-23(20,25)3/h17-20,29H,5-15H2,1-4H3/t17-,18+,19-,20-,22-,23-,24+,25-/m0/s1. The Morgan fingerprint density at radius 2 is 1.73 bits per heavy atom. The van der Waals surface area contributed by atoms with Gasteiger partial charge >= 0.3 is 0 Å². The van der Waals surface area contributed by atoms with Gasteiger partial charge in [0, 0.05) is 7.11 Å². The molecule has 0 unspecified atom stereocenters. The molecule has 5 heteroatoms. The summed E-state index contributed by atoms with van der Waals surface area (Å²) in [5.41, 5.74) is -1.42. The van der Waals surface area contributed by atoms with Crippen molar-refractivity contribution in [2.24, 2.45) is 39.9 Å². The van der Waals surface area contributed by atoms with E-state index < -0.39 is 11.0 Å². The summed E-state index contributed by atoms with van der Waals surface area (Å²) in [6, 6.07) is 0. The van der Waals surface area contributed by atoms with Crippen LogP contribution in [0.5, 0.6) is 0 Å². The maximum Gasteiger partial charge on any atom is 0.157 e. The maximum atomic E-state index is 13.1. The van der Waals surface area contributed by atoms with Gasteiger partial charge in [-0.05, 0) is 99.2 Å². The number of hydrogen-bond acceptors (Lipinski definition) is 4. The van der Waals surface area contributed by atoms with Gasteiger partial charge in [-0.3, -0.25) is 9.59 Å². The highest BCUT2D eigenvalue weighted by Gasteiger charge is 2.68. The van der Waals surface area contributed by atoms with Gasteiger partial charge in [0.05, 0.1) is 23.0 Å². The maximum absolute atomic E-state index is 13.1. The van der Waals surface area contributed by atoms with Crippen molar-refractivity contribution in [3.63, 3.8) is 0 Å². The van der Waals surface area contributed by atoms with E-state index in [2.05, 4.69) is 29.8 Å². The quantitative estimate of drug-likeness (QED) is 0.444. The van der Waals surface area contributed by atoms with Crippen molar-refractivity contribution in [3.05, 3.63) is 0 Å². The Balaban J connectivity index is 1.63.